The van der Waals surface area contributed by atoms with Gasteiger partial charge in [0, 0.05) is 34.1 Å². The van der Waals surface area contributed by atoms with Crippen molar-refractivity contribution >= 4 is 17.9 Å². The number of carbonyl (C=O) groups excluding carboxylic acids is 2. The molecule has 1 aliphatic heterocycles. The fourth-order valence-electron chi connectivity index (χ4n) is 2.09. The average Bonchev–Trinajstić information content (AvgIpc) is 2.27. The van der Waals surface area contributed by atoms with Gasteiger partial charge in [0.25, 0.3) is 0 Å². The minimum atomic E-state index is -1.24. The number of carboxylic acids is 1. The number of urea groups is 1. The number of carbonyl (C=O) groups is 3. The standard InChI is InChI=1S/C11H19N3O4/c1-8(15)12-11(9(16)17)4-6-14(7-5-11)10(18)13(2)3/h4-7H2,1-3H3,(H,12,15)(H,16,17). The molecule has 0 spiro atoms. The number of rotatable bonds is 2. The maximum Gasteiger partial charge on any atom is 0.329 e. The molecule has 1 saturated heterocycles. The molecule has 1 aliphatic rings. The number of amides is 3. The van der Waals surface area contributed by atoms with E-state index in [9.17, 15) is 19.5 Å². The largest absolute Gasteiger partial charge is 0.480 e. The van der Waals surface area contributed by atoms with E-state index in [0.717, 1.165) is 0 Å². The van der Waals surface area contributed by atoms with Crippen molar-refractivity contribution < 1.29 is 19.5 Å². The number of aliphatic carboxylic acids is 1. The van der Waals surface area contributed by atoms with E-state index in [1.165, 1.54) is 11.8 Å². The summed E-state index contributed by atoms with van der Waals surface area (Å²) >= 11 is 0. The molecule has 2 N–H and O–H groups in total. The number of likely N-dealkylation sites (tertiary alicyclic amines) is 1. The fraction of sp³-hybridized carbons (Fsp3) is 0.727. The van der Waals surface area contributed by atoms with Crippen LogP contribution in [0.3, 0.4) is 0 Å². The molecule has 0 unspecified atom stereocenters. The lowest BCUT2D eigenvalue weighted by Crippen LogP contribution is -2.61. The molecule has 1 fully saturated rings. The first-order valence-electron chi connectivity index (χ1n) is 5.77. The first kappa shape index (κ1) is 14.3. The van der Waals surface area contributed by atoms with Gasteiger partial charge in [-0.05, 0) is 12.8 Å². The minimum absolute atomic E-state index is 0.142. The summed E-state index contributed by atoms with van der Waals surface area (Å²) < 4.78 is 0. The van der Waals surface area contributed by atoms with Crippen LogP contribution in [0, 0.1) is 0 Å². The van der Waals surface area contributed by atoms with E-state index in [1.807, 2.05) is 0 Å². The minimum Gasteiger partial charge on any atom is -0.480 e. The Morgan fingerprint density at radius 1 is 1.22 bits per heavy atom. The van der Waals surface area contributed by atoms with Crippen molar-refractivity contribution in [3.05, 3.63) is 0 Å². The summed E-state index contributed by atoms with van der Waals surface area (Å²) in [5.41, 5.74) is -1.24. The predicted octanol–water partition coefficient (Wildman–Crippen LogP) is -0.277. The summed E-state index contributed by atoms with van der Waals surface area (Å²) in [6, 6.07) is -0.142. The Morgan fingerprint density at radius 3 is 2.06 bits per heavy atom. The highest BCUT2D eigenvalue weighted by Crippen LogP contribution is 2.23. The van der Waals surface area contributed by atoms with Crippen molar-refractivity contribution in [2.24, 2.45) is 0 Å². The summed E-state index contributed by atoms with van der Waals surface area (Å²) in [7, 11) is 3.30. The molecule has 0 aromatic carbocycles. The molecule has 0 saturated carbocycles. The molecule has 0 aliphatic carbocycles. The zero-order chi connectivity index (χ0) is 13.9. The molecule has 3 amide bonds. The normalized spacial score (nSPS) is 18.1. The lowest BCUT2D eigenvalue weighted by molar-refractivity contribution is -0.149. The van der Waals surface area contributed by atoms with Gasteiger partial charge in [0.05, 0.1) is 0 Å². The van der Waals surface area contributed by atoms with Crippen LogP contribution in [0.25, 0.3) is 0 Å². The molecule has 0 bridgehead atoms. The van der Waals surface area contributed by atoms with Gasteiger partial charge < -0.3 is 20.2 Å². The van der Waals surface area contributed by atoms with Gasteiger partial charge in [-0.2, -0.15) is 0 Å². The molecule has 1 heterocycles. The van der Waals surface area contributed by atoms with E-state index in [1.54, 1.807) is 19.0 Å². The molecule has 1 rings (SSSR count). The topological polar surface area (TPSA) is 90.0 Å². The van der Waals surface area contributed by atoms with E-state index < -0.39 is 11.5 Å². The molecule has 18 heavy (non-hydrogen) atoms. The van der Waals surface area contributed by atoms with Crippen molar-refractivity contribution in [3.8, 4) is 0 Å². The average molecular weight is 257 g/mol. The van der Waals surface area contributed by atoms with E-state index in [2.05, 4.69) is 5.32 Å². The summed E-state index contributed by atoms with van der Waals surface area (Å²) in [5.74, 6) is -1.42. The SMILES string of the molecule is CC(=O)NC1(C(=O)O)CCN(C(=O)N(C)C)CC1. The van der Waals surface area contributed by atoms with E-state index >= 15 is 0 Å². The maximum absolute atomic E-state index is 11.7. The zero-order valence-electron chi connectivity index (χ0n) is 10.9. The Balaban J connectivity index is 2.72. The number of hydrogen-bond acceptors (Lipinski definition) is 3. The van der Waals surface area contributed by atoms with Gasteiger partial charge in [0.2, 0.25) is 5.91 Å². The van der Waals surface area contributed by atoms with Gasteiger partial charge in [-0.3, -0.25) is 4.79 Å². The van der Waals surface area contributed by atoms with Crippen molar-refractivity contribution in [3.63, 3.8) is 0 Å². The van der Waals surface area contributed by atoms with Crippen LogP contribution in [0.2, 0.25) is 0 Å². The summed E-state index contributed by atoms with van der Waals surface area (Å²) in [5, 5.41) is 11.7. The Bertz CT molecular complexity index is 359. The first-order valence-corrected chi connectivity index (χ1v) is 5.77. The molecular weight excluding hydrogens is 238 g/mol. The smallest absolute Gasteiger partial charge is 0.329 e. The van der Waals surface area contributed by atoms with Crippen molar-refractivity contribution in [1.29, 1.82) is 0 Å². The lowest BCUT2D eigenvalue weighted by Gasteiger charge is -2.39. The third-order valence-electron chi connectivity index (χ3n) is 3.09. The van der Waals surface area contributed by atoms with E-state index in [4.69, 9.17) is 0 Å². The first-order chi connectivity index (χ1) is 8.28. The van der Waals surface area contributed by atoms with Gasteiger partial charge in [0.15, 0.2) is 0 Å². The van der Waals surface area contributed by atoms with Crippen LogP contribution in [0.1, 0.15) is 19.8 Å². The van der Waals surface area contributed by atoms with Crippen LogP contribution in [-0.2, 0) is 9.59 Å². The van der Waals surface area contributed by atoms with Gasteiger partial charge in [-0.1, -0.05) is 0 Å². The van der Waals surface area contributed by atoms with Gasteiger partial charge in [-0.25, -0.2) is 9.59 Å². The second kappa shape index (κ2) is 5.24. The fourth-order valence-corrected chi connectivity index (χ4v) is 2.09. The van der Waals surface area contributed by atoms with Crippen molar-refractivity contribution in [1.82, 2.24) is 15.1 Å². The van der Waals surface area contributed by atoms with Crippen molar-refractivity contribution in [2.75, 3.05) is 27.2 Å². The number of nitrogens with zero attached hydrogens (tertiary/aromatic N) is 2. The highest BCUT2D eigenvalue weighted by Gasteiger charge is 2.43. The van der Waals surface area contributed by atoms with Crippen LogP contribution in [0.4, 0.5) is 4.79 Å². The van der Waals surface area contributed by atoms with Crippen LogP contribution in [0.15, 0.2) is 0 Å². The Kier molecular flexibility index (Phi) is 4.15. The molecule has 7 nitrogen and oxygen atoms in total. The van der Waals surface area contributed by atoms with Gasteiger partial charge >= 0.3 is 12.0 Å². The summed E-state index contributed by atoms with van der Waals surface area (Å²) in [6.07, 6.45) is 0.447. The zero-order valence-corrected chi connectivity index (χ0v) is 10.9. The summed E-state index contributed by atoms with van der Waals surface area (Å²) in [4.78, 5) is 37.1. The molecule has 0 atom stereocenters. The van der Waals surface area contributed by atoms with Crippen LogP contribution in [-0.4, -0.2) is 65.5 Å². The monoisotopic (exact) mass is 257 g/mol. The van der Waals surface area contributed by atoms with Crippen LogP contribution >= 0.6 is 0 Å². The number of hydrogen-bond donors (Lipinski definition) is 2. The maximum atomic E-state index is 11.7. The lowest BCUT2D eigenvalue weighted by atomic mass is 9.87. The number of piperidine rings is 1. The number of nitrogens with one attached hydrogen (secondary N) is 1. The third kappa shape index (κ3) is 2.91. The second-order valence-electron chi connectivity index (χ2n) is 4.73. The predicted molar refractivity (Wildman–Crippen MR) is 64.1 cm³/mol. The van der Waals surface area contributed by atoms with E-state index in [0.29, 0.717) is 13.1 Å². The molecule has 0 aromatic rings. The summed E-state index contributed by atoms with van der Waals surface area (Å²) in [6.45, 7) is 1.94. The Labute approximate surface area is 106 Å². The molecule has 7 heteroatoms. The van der Waals surface area contributed by atoms with Crippen LogP contribution < -0.4 is 5.32 Å². The van der Waals surface area contributed by atoms with E-state index in [-0.39, 0.29) is 24.8 Å². The van der Waals surface area contributed by atoms with Gasteiger partial charge in [0.1, 0.15) is 5.54 Å². The quantitative estimate of drug-likeness (QED) is 0.712. The molecule has 0 radical (unpaired) electrons. The number of carboxylic acid groups (broad SMARTS) is 1. The van der Waals surface area contributed by atoms with Gasteiger partial charge in [-0.15, -0.1) is 0 Å². The third-order valence-corrected chi connectivity index (χ3v) is 3.09. The highest BCUT2D eigenvalue weighted by atomic mass is 16.4. The molecule has 0 aromatic heterocycles. The van der Waals surface area contributed by atoms with Crippen LogP contribution in [0.5, 0.6) is 0 Å². The highest BCUT2D eigenvalue weighted by molar-refractivity contribution is 5.86. The molecular formula is C11H19N3O4. The Morgan fingerprint density at radius 2 is 1.72 bits per heavy atom. The second-order valence-corrected chi connectivity index (χ2v) is 4.73. The molecule has 102 valence electrons. The van der Waals surface area contributed by atoms with Crippen molar-refractivity contribution in [2.45, 2.75) is 25.3 Å². The Hall–Kier alpha value is -1.79.